The summed E-state index contributed by atoms with van der Waals surface area (Å²) >= 11 is 0. The van der Waals surface area contributed by atoms with Crippen LogP contribution in [-0.2, 0) is 21.4 Å². The monoisotopic (exact) mass is 422 g/mol. The zero-order valence-corrected chi connectivity index (χ0v) is 18.0. The van der Waals surface area contributed by atoms with E-state index in [0.29, 0.717) is 28.5 Å². The number of nitrogens with one attached hydrogen (secondary N) is 1. The molecule has 1 amide bonds. The van der Waals surface area contributed by atoms with Gasteiger partial charge in [0.15, 0.2) is 11.5 Å². The van der Waals surface area contributed by atoms with E-state index in [1.807, 2.05) is 6.07 Å². The second-order valence-corrected chi connectivity index (χ2v) is 8.26. The Kier molecular flexibility index (Phi) is 7.33. The number of rotatable bonds is 9. The Hall–Kier alpha value is -2.94. The Bertz CT molecular complexity index is 975. The first-order valence-electron chi connectivity index (χ1n) is 8.80. The number of amides is 1. The van der Waals surface area contributed by atoms with Gasteiger partial charge in [-0.3, -0.25) is 9.10 Å². The van der Waals surface area contributed by atoms with Crippen LogP contribution in [0.5, 0.6) is 17.2 Å². The minimum Gasteiger partial charge on any atom is -0.496 e. The molecular formula is C20H26N2O6S. The summed E-state index contributed by atoms with van der Waals surface area (Å²) in [5.74, 6) is 1.06. The normalized spacial score (nSPS) is 10.9. The first-order chi connectivity index (χ1) is 13.7. The zero-order chi connectivity index (χ0) is 21.6. The molecule has 0 aliphatic rings. The van der Waals surface area contributed by atoms with Crippen molar-refractivity contribution in [1.29, 1.82) is 0 Å². The molecule has 9 heteroatoms. The summed E-state index contributed by atoms with van der Waals surface area (Å²) in [7, 11) is 0.901. The van der Waals surface area contributed by atoms with Crippen LogP contribution >= 0.6 is 0 Å². The molecule has 0 radical (unpaired) electrons. The molecule has 0 spiro atoms. The molecular weight excluding hydrogens is 396 g/mol. The van der Waals surface area contributed by atoms with Gasteiger partial charge in [0.1, 0.15) is 12.3 Å². The number of ether oxygens (including phenoxy) is 3. The second kappa shape index (κ2) is 9.51. The lowest BCUT2D eigenvalue weighted by Crippen LogP contribution is -2.40. The molecule has 0 bridgehead atoms. The molecule has 0 unspecified atom stereocenters. The predicted molar refractivity (Wildman–Crippen MR) is 111 cm³/mol. The number of aryl methyl sites for hydroxylation is 1. The van der Waals surface area contributed by atoms with Gasteiger partial charge >= 0.3 is 0 Å². The molecule has 0 fully saturated rings. The molecule has 0 saturated carbocycles. The maximum absolute atomic E-state index is 12.5. The molecule has 29 heavy (non-hydrogen) atoms. The van der Waals surface area contributed by atoms with Crippen molar-refractivity contribution in [3.05, 3.63) is 47.5 Å². The standard InChI is InChI=1S/C20H26N2O6S/c1-14-8-6-7-9-16(14)22(29(5,24)25)13-20(23)21-12-15-10-18(27-3)19(28-4)11-17(15)26-2/h6-11H,12-13H2,1-5H3,(H,21,23). The van der Waals surface area contributed by atoms with Crippen molar-refractivity contribution < 1.29 is 27.4 Å². The third-order valence-electron chi connectivity index (χ3n) is 4.33. The van der Waals surface area contributed by atoms with Gasteiger partial charge in [0.05, 0.1) is 33.3 Å². The van der Waals surface area contributed by atoms with E-state index in [9.17, 15) is 13.2 Å². The number of carbonyl (C=O) groups is 1. The summed E-state index contributed by atoms with van der Waals surface area (Å²) in [6.45, 7) is 1.59. The highest BCUT2D eigenvalue weighted by Gasteiger charge is 2.22. The predicted octanol–water partition coefficient (Wildman–Crippen LogP) is 2.10. The van der Waals surface area contributed by atoms with E-state index in [1.54, 1.807) is 37.3 Å². The fourth-order valence-electron chi connectivity index (χ4n) is 2.84. The summed E-state index contributed by atoms with van der Waals surface area (Å²) in [5, 5.41) is 2.73. The topological polar surface area (TPSA) is 94.2 Å². The van der Waals surface area contributed by atoms with Crippen molar-refractivity contribution in [3.63, 3.8) is 0 Å². The molecule has 0 aromatic heterocycles. The quantitative estimate of drug-likeness (QED) is 0.665. The first kappa shape index (κ1) is 22.4. The summed E-state index contributed by atoms with van der Waals surface area (Å²) in [5.41, 5.74) is 1.89. The maximum Gasteiger partial charge on any atom is 0.241 e. The van der Waals surface area contributed by atoms with Crippen molar-refractivity contribution in [1.82, 2.24) is 5.32 Å². The number of nitrogens with zero attached hydrogens (tertiary/aromatic N) is 1. The highest BCUT2D eigenvalue weighted by molar-refractivity contribution is 7.92. The molecule has 0 heterocycles. The van der Waals surface area contributed by atoms with Gasteiger partial charge in [-0.1, -0.05) is 18.2 Å². The Labute approximate surface area is 171 Å². The number of para-hydroxylation sites is 1. The van der Waals surface area contributed by atoms with Crippen molar-refractivity contribution >= 4 is 21.6 Å². The Morgan fingerprint density at radius 2 is 1.59 bits per heavy atom. The molecule has 2 aromatic rings. The first-order valence-corrected chi connectivity index (χ1v) is 10.6. The Balaban J connectivity index is 2.19. The lowest BCUT2D eigenvalue weighted by atomic mass is 10.1. The number of sulfonamides is 1. The van der Waals surface area contributed by atoms with Crippen LogP contribution in [0.25, 0.3) is 0 Å². The van der Waals surface area contributed by atoms with Gasteiger partial charge in [-0.25, -0.2) is 8.42 Å². The van der Waals surface area contributed by atoms with Crippen LogP contribution in [0.1, 0.15) is 11.1 Å². The van der Waals surface area contributed by atoms with Crippen LogP contribution in [0.4, 0.5) is 5.69 Å². The van der Waals surface area contributed by atoms with Crippen molar-refractivity contribution in [2.75, 3.05) is 38.4 Å². The summed E-state index contributed by atoms with van der Waals surface area (Å²) in [4.78, 5) is 12.5. The maximum atomic E-state index is 12.5. The zero-order valence-electron chi connectivity index (χ0n) is 17.2. The summed E-state index contributed by atoms with van der Waals surface area (Å²) < 4.78 is 41.4. The van der Waals surface area contributed by atoms with Crippen LogP contribution in [0.3, 0.4) is 0 Å². The lowest BCUT2D eigenvalue weighted by molar-refractivity contribution is -0.119. The van der Waals surface area contributed by atoms with Crippen LogP contribution in [0.2, 0.25) is 0 Å². The minimum absolute atomic E-state index is 0.133. The second-order valence-electron chi connectivity index (χ2n) is 6.35. The minimum atomic E-state index is -3.64. The fourth-order valence-corrected chi connectivity index (χ4v) is 3.75. The molecule has 1 N–H and O–H groups in total. The molecule has 2 aromatic carbocycles. The highest BCUT2D eigenvalue weighted by atomic mass is 32.2. The van der Waals surface area contributed by atoms with E-state index in [0.717, 1.165) is 16.1 Å². The van der Waals surface area contributed by atoms with Crippen molar-refractivity contribution in [2.45, 2.75) is 13.5 Å². The number of methoxy groups -OCH3 is 3. The molecule has 0 aliphatic carbocycles. The van der Waals surface area contributed by atoms with Crippen molar-refractivity contribution in [3.8, 4) is 17.2 Å². The van der Waals surface area contributed by atoms with Crippen LogP contribution in [0, 0.1) is 6.92 Å². The molecule has 158 valence electrons. The SMILES string of the molecule is COc1cc(OC)c(OC)cc1CNC(=O)CN(c1ccccc1C)S(C)(=O)=O. The van der Waals surface area contributed by atoms with Gasteiger partial charge in [0.25, 0.3) is 0 Å². The molecule has 0 aliphatic heterocycles. The number of hydrogen-bond acceptors (Lipinski definition) is 6. The van der Waals surface area contributed by atoms with Gasteiger partial charge < -0.3 is 19.5 Å². The van der Waals surface area contributed by atoms with E-state index in [1.165, 1.54) is 21.3 Å². The van der Waals surface area contributed by atoms with Crippen LogP contribution in [-0.4, -0.2) is 48.5 Å². The van der Waals surface area contributed by atoms with E-state index < -0.39 is 15.9 Å². The lowest BCUT2D eigenvalue weighted by Gasteiger charge is -2.23. The van der Waals surface area contributed by atoms with Crippen LogP contribution in [0.15, 0.2) is 36.4 Å². The average Bonchev–Trinajstić information content (AvgIpc) is 2.69. The summed E-state index contributed by atoms with van der Waals surface area (Å²) in [6.07, 6.45) is 1.07. The molecule has 0 atom stereocenters. The van der Waals surface area contributed by atoms with Gasteiger partial charge in [0.2, 0.25) is 15.9 Å². The number of anilines is 1. The average molecular weight is 423 g/mol. The van der Waals surface area contributed by atoms with Gasteiger partial charge in [-0.2, -0.15) is 0 Å². The largest absolute Gasteiger partial charge is 0.496 e. The molecule has 8 nitrogen and oxygen atoms in total. The molecule has 2 rings (SSSR count). The van der Waals surface area contributed by atoms with Crippen molar-refractivity contribution in [2.24, 2.45) is 0 Å². The van der Waals surface area contributed by atoms with Crippen LogP contribution < -0.4 is 23.8 Å². The van der Waals surface area contributed by atoms with Gasteiger partial charge in [0, 0.05) is 18.2 Å². The van der Waals surface area contributed by atoms with Gasteiger partial charge in [-0.05, 0) is 24.6 Å². The number of carbonyl (C=O) groups excluding carboxylic acids is 1. The summed E-state index contributed by atoms with van der Waals surface area (Å²) in [6, 6.07) is 10.4. The van der Waals surface area contributed by atoms with E-state index in [2.05, 4.69) is 5.32 Å². The third-order valence-corrected chi connectivity index (χ3v) is 5.46. The smallest absolute Gasteiger partial charge is 0.241 e. The third kappa shape index (κ3) is 5.54. The van der Waals surface area contributed by atoms with E-state index >= 15 is 0 Å². The van der Waals surface area contributed by atoms with Gasteiger partial charge in [-0.15, -0.1) is 0 Å². The molecule has 0 saturated heterocycles. The Morgan fingerprint density at radius 3 is 2.14 bits per heavy atom. The van der Waals surface area contributed by atoms with E-state index in [4.69, 9.17) is 14.2 Å². The fraction of sp³-hybridized carbons (Fsp3) is 0.350. The number of hydrogen-bond donors (Lipinski definition) is 1. The number of benzene rings is 2. The van der Waals surface area contributed by atoms with E-state index in [-0.39, 0.29) is 13.1 Å². The highest BCUT2D eigenvalue weighted by Crippen LogP contribution is 2.34. The Morgan fingerprint density at radius 1 is 1.00 bits per heavy atom.